The van der Waals surface area contributed by atoms with Crippen molar-refractivity contribution in [3.63, 3.8) is 0 Å². The summed E-state index contributed by atoms with van der Waals surface area (Å²) >= 11 is 0. The topological polar surface area (TPSA) is 29.5 Å². The highest BCUT2D eigenvalue weighted by atomic mass is 19.1. The highest BCUT2D eigenvalue weighted by molar-refractivity contribution is 5.99. The normalized spacial score (nSPS) is 20.0. The zero-order valence-electron chi connectivity index (χ0n) is 12.9. The number of hydrogen-bond donors (Lipinski definition) is 0. The van der Waals surface area contributed by atoms with Gasteiger partial charge in [0, 0.05) is 19.0 Å². The van der Waals surface area contributed by atoms with Crippen molar-refractivity contribution < 1.29 is 13.9 Å². The van der Waals surface area contributed by atoms with Gasteiger partial charge < -0.3 is 9.64 Å². The summed E-state index contributed by atoms with van der Waals surface area (Å²) in [5.41, 5.74) is 0.0856. The SMILES string of the molecule is COc1cccc(F)c1C(=O)CCN1CCCCCC1C. The number of methoxy groups -OCH3 is 1. The maximum Gasteiger partial charge on any atom is 0.170 e. The van der Waals surface area contributed by atoms with E-state index in [0.717, 1.165) is 6.54 Å². The second kappa shape index (κ2) is 7.55. The van der Waals surface area contributed by atoms with E-state index < -0.39 is 5.82 Å². The quantitative estimate of drug-likeness (QED) is 0.776. The molecule has 1 saturated heterocycles. The number of likely N-dealkylation sites (tertiary alicyclic amines) is 1. The Morgan fingerprint density at radius 1 is 1.38 bits per heavy atom. The average molecular weight is 293 g/mol. The van der Waals surface area contributed by atoms with Gasteiger partial charge in [-0.1, -0.05) is 18.9 Å². The van der Waals surface area contributed by atoms with Gasteiger partial charge in [0.25, 0.3) is 0 Å². The highest BCUT2D eigenvalue weighted by Crippen LogP contribution is 2.23. The molecule has 116 valence electrons. The summed E-state index contributed by atoms with van der Waals surface area (Å²) in [5, 5.41) is 0. The van der Waals surface area contributed by atoms with Gasteiger partial charge >= 0.3 is 0 Å². The lowest BCUT2D eigenvalue weighted by atomic mass is 10.1. The van der Waals surface area contributed by atoms with Crippen molar-refractivity contribution in [2.45, 2.75) is 45.1 Å². The van der Waals surface area contributed by atoms with Crippen LogP contribution in [0.4, 0.5) is 4.39 Å². The molecule has 0 saturated carbocycles. The van der Waals surface area contributed by atoms with Crippen LogP contribution in [0, 0.1) is 5.82 Å². The van der Waals surface area contributed by atoms with Gasteiger partial charge in [-0.25, -0.2) is 4.39 Å². The van der Waals surface area contributed by atoms with Crippen LogP contribution in [0.25, 0.3) is 0 Å². The van der Waals surface area contributed by atoms with Crippen LogP contribution < -0.4 is 4.74 Å². The van der Waals surface area contributed by atoms with Crippen molar-refractivity contribution in [3.05, 3.63) is 29.6 Å². The molecule has 1 heterocycles. The van der Waals surface area contributed by atoms with Gasteiger partial charge in [-0.3, -0.25) is 4.79 Å². The number of halogens is 1. The summed E-state index contributed by atoms with van der Waals surface area (Å²) in [7, 11) is 1.46. The predicted molar refractivity (Wildman–Crippen MR) is 81.4 cm³/mol. The molecule has 3 nitrogen and oxygen atoms in total. The van der Waals surface area contributed by atoms with Crippen molar-refractivity contribution >= 4 is 5.78 Å². The number of rotatable bonds is 5. The van der Waals surface area contributed by atoms with E-state index in [-0.39, 0.29) is 11.3 Å². The Morgan fingerprint density at radius 2 is 2.19 bits per heavy atom. The van der Waals surface area contributed by atoms with Gasteiger partial charge in [-0.15, -0.1) is 0 Å². The molecular formula is C17H24FNO2. The van der Waals surface area contributed by atoms with E-state index in [0.29, 0.717) is 24.8 Å². The van der Waals surface area contributed by atoms with E-state index in [1.807, 2.05) is 0 Å². The lowest BCUT2D eigenvalue weighted by Crippen LogP contribution is -2.34. The average Bonchev–Trinajstić information content (AvgIpc) is 2.69. The van der Waals surface area contributed by atoms with Gasteiger partial charge in [-0.05, 0) is 38.4 Å². The van der Waals surface area contributed by atoms with E-state index in [1.165, 1.54) is 38.9 Å². The lowest BCUT2D eigenvalue weighted by Gasteiger charge is -2.26. The Labute approximate surface area is 126 Å². The number of ether oxygens (including phenoxy) is 1. The number of benzene rings is 1. The minimum Gasteiger partial charge on any atom is -0.496 e. The molecule has 0 amide bonds. The molecule has 1 unspecified atom stereocenters. The van der Waals surface area contributed by atoms with Crippen LogP contribution in [0.2, 0.25) is 0 Å². The molecule has 0 radical (unpaired) electrons. The van der Waals surface area contributed by atoms with Crippen molar-refractivity contribution in [2.75, 3.05) is 20.2 Å². The number of carbonyl (C=O) groups excluding carboxylic acids is 1. The molecule has 0 spiro atoms. The zero-order valence-corrected chi connectivity index (χ0v) is 12.9. The standard InChI is InChI=1S/C17H24FNO2/c1-13-7-4-3-5-11-19(13)12-10-15(20)17-14(18)8-6-9-16(17)21-2/h6,8-9,13H,3-5,7,10-12H2,1-2H3. The molecular weight excluding hydrogens is 269 g/mol. The maximum atomic E-state index is 13.9. The molecule has 1 aromatic carbocycles. The van der Waals surface area contributed by atoms with E-state index >= 15 is 0 Å². The van der Waals surface area contributed by atoms with E-state index in [2.05, 4.69) is 11.8 Å². The first kappa shape index (κ1) is 16.0. The van der Waals surface area contributed by atoms with Crippen molar-refractivity contribution in [1.29, 1.82) is 0 Å². The number of nitrogens with zero attached hydrogens (tertiary/aromatic N) is 1. The Morgan fingerprint density at radius 3 is 2.95 bits per heavy atom. The number of ketones is 1. The molecule has 1 fully saturated rings. The molecule has 1 aromatic rings. The minimum atomic E-state index is -0.497. The minimum absolute atomic E-state index is 0.0856. The van der Waals surface area contributed by atoms with Gasteiger partial charge in [0.2, 0.25) is 0 Å². The summed E-state index contributed by atoms with van der Waals surface area (Å²) in [6, 6.07) is 5.00. The van der Waals surface area contributed by atoms with Crippen LogP contribution in [-0.2, 0) is 0 Å². The first-order valence-corrected chi connectivity index (χ1v) is 7.73. The second-order valence-corrected chi connectivity index (χ2v) is 5.72. The maximum absolute atomic E-state index is 13.9. The van der Waals surface area contributed by atoms with Crippen molar-refractivity contribution in [3.8, 4) is 5.75 Å². The molecule has 0 aliphatic carbocycles. The zero-order chi connectivity index (χ0) is 15.2. The fourth-order valence-electron chi connectivity index (χ4n) is 2.98. The molecule has 1 atom stereocenters. The number of hydrogen-bond acceptors (Lipinski definition) is 3. The van der Waals surface area contributed by atoms with Crippen molar-refractivity contribution in [1.82, 2.24) is 4.90 Å². The number of carbonyl (C=O) groups is 1. The Hall–Kier alpha value is -1.42. The molecule has 1 aliphatic heterocycles. The highest BCUT2D eigenvalue weighted by Gasteiger charge is 2.21. The third-order valence-corrected chi connectivity index (χ3v) is 4.29. The van der Waals surface area contributed by atoms with Crippen molar-refractivity contribution in [2.24, 2.45) is 0 Å². The summed E-state index contributed by atoms with van der Waals surface area (Å²) in [6.07, 6.45) is 5.21. The Bertz CT molecular complexity index is 490. The monoisotopic (exact) mass is 293 g/mol. The van der Waals surface area contributed by atoms with Gasteiger partial charge in [0.15, 0.2) is 5.78 Å². The molecule has 0 aromatic heterocycles. The molecule has 1 aliphatic rings. The predicted octanol–water partition coefficient (Wildman–Crippen LogP) is 3.67. The van der Waals surface area contributed by atoms with Gasteiger partial charge in [0.1, 0.15) is 11.6 Å². The summed E-state index contributed by atoms with van der Waals surface area (Å²) in [5.74, 6) is -0.353. The summed E-state index contributed by atoms with van der Waals surface area (Å²) < 4.78 is 19.0. The molecule has 4 heteroatoms. The summed E-state index contributed by atoms with van der Waals surface area (Å²) in [6.45, 7) is 3.93. The number of Topliss-reactive ketones (excluding diaryl/α,β-unsaturated/α-hetero) is 1. The van der Waals surface area contributed by atoms with Crippen LogP contribution in [-0.4, -0.2) is 36.9 Å². The molecule has 21 heavy (non-hydrogen) atoms. The van der Waals surface area contributed by atoms with E-state index in [9.17, 15) is 9.18 Å². The third-order valence-electron chi connectivity index (χ3n) is 4.29. The Balaban J connectivity index is 2.01. The molecule has 0 bridgehead atoms. The van der Waals surface area contributed by atoms with Crippen LogP contribution >= 0.6 is 0 Å². The third kappa shape index (κ3) is 4.03. The van der Waals surface area contributed by atoms with Gasteiger partial charge in [0.05, 0.1) is 12.7 Å². The van der Waals surface area contributed by atoms with Crippen LogP contribution in [0.1, 0.15) is 49.4 Å². The fraction of sp³-hybridized carbons (Fsp3) is 0.588. The fourth-order valence-corrected chi connectivity index (χ4v) is 2.98. The smallest absolute Gasteiger partial charge is 0.170 e. The van der Waals surface area contributed by atoms with Gasteiger partial charge in [-0.2, -0.15) is 0 Å². The summed E-state index contributed by atoms with van der Waals surface area (Å²) in [4.78, 5) is 14.7. The van der Waals surface area contributed by atoms with E-state index in [1.54, 1.807) is 12.1 Å². The van der Waals surface area contributed by atoms with E-state index in [4.69, 9.17) is 4.74 Å². The molecule has 2 rings (SSSR count). The van der Waals surface area contributed by atoms with Crippen LogP contribution in [0.3, 0.4) is 0 Å². The Kier molecular flexibility index (Phi) is 5.74. The molecule has 0 N–H and O–H groups in total. The largest absolute Gasteiger partial charge is 0.496 e. The first-order valence-electron chi connectivity index (χ1n) is 7.73. The first-order chi connectivity index (χ1) is 10.1. The van der Waals surface area contributed by atoms with Crippen LogP contribution in [0.15, 0.2) is 18.2 Å². The lowest BCUT2D eigenvalue weighted by molar-refractivity contribution is 0.0947. The second-order valence-electron chi connectivity index (χ2n) is 5.72. The van der Waals surface area contributed by atoms with Crippen LogP contribution in [0.5, 0.6) is 5.75 Å².